The van der Waals surface area contributed by atoms with Crippen LogP contribution in [0, 0.1) is 27.7 Å². The molecule has 0 spiro atoms. The summed E-state index contributed by atoms with van der Waals surface area (Å²) in [6.45, 7) is 8.00. The van der Waals surface area contributed by atoms with E-state index in [1.165, 1.54) is 11.1 Å². The zero-order valence-electron chi connectivity index (χ0n) is 19.2. The lowest BCUT2D eigenvalue weighted by Crippen LogP contribution is -2.20. The average molecular weight is 432 g/mol. The average Bonchev–Trinajstić information content (AvgIpc) is 2.77. The molecule has 3 aromatic carbocycles. The predicted octanol–water partition coefficient (Wildman–Crippen LogP) is 5.39. The van der Waals surface area contributed by atoms with E-state index >= 15 is 0 Å². The molecule has 0 aliphatic rings. The fourth-order valence-corrected chi connectivity index (χ4v) is 3.16. The molecule has 0 aromatic heterocycles. The molecular formula is C26H29N3O3. The number of anilines is 2. The second-order valence-electron chi connectivity index (χ2n) is 7.73. The first-order valence-electron chi connectivity index (χ1n) is 10.4. The molecular weight excluding hydrogens is 402 g/mol. The molecule has 0 bridgehead atoms. The number of nitrogens with zero attached hydrogens (tertiary/aromatic N) is 1. The van der Waals surface area contributed by atoms with Gasteiger partial charge in [0.2, 0.25) is 0 Å². The molecule has 0 atom stereocenters. The molecule has 0 unspecified atom stereocenters. The van der Waals surface area contributed by atoms with E-state index in [1.54, 1.807) is 19.4 Å². The number of methoxy groups -OCH3 is 1. The highest BCUT2D eigenvalue weighted by molar-refractivity contribution is 5.92. The van der Waals surface area contributed by atoms with E-state index in [2.05, 4.69) is 35.8 Å². The van der Waals surface area contributed by atoms with Crippen molar-refractivity contribution in [3.8, 4) is 11.5 Å². The summed E-state index contributed by atoms with van der Waals surface area (Å²) in [5, 5.41) is 7.16. The van der Waals surface area contributed by atoms with Gasteiger partial charge >= 0.3 is 0 Å². The number of amides is 1. The standard InChI is InChI=1S/C26H29N3O3/c1-17-6-10-23(20(4)12-17)28-26(30)16-32-24-11-8-21(14-25(24)31-5)15-27-29-22-9-7-18(2)19(3)13-22/h6-15,29H,16H2,1-5H3,(H,28,30). The van der Waals surface area contributed by atoms with E-state index in [-0.39, 0.29) is 12.5 Å². The molecule has 3 rings (SSSR count). The number of hydrogen-bond donors (Lipinski definition) is 2. The van der Waals surface area contributed by atoms with Crippen molar-refractivity contribution in [1.29, 1.82) is 0 Å². The van der Waals surface area contributed by atoms with E-state index in [0.717, 1.165) is 28.1 Å². The van der Waals surface area contributed by atoms with Crippen LogP contribution in [0.25, 0.3) is 0 Å². The van der Waals surface area contributed by atoms with Gasteiger partial charge in [0, 0.05) is 5.69 Å². The lowest BCUT2D eigenvalue weighted by Gasteiger charge is -2.12. The van der Waals surface area contributed by atoms with Gasteiger partial charge < -0.3 is 14.8 Å². The quantitative estimate of drug-likeness (QED) is 0.370. The number of hydrogen-bond acceptors (Lipinski definition) is 5. The number of aryl methyl sites for hydroxylation is 4. The van der Waals surface area contributed by atoms with Crippen LogP contribution in [0.2, 0.25) is 0 Å². The SMILES string of the molecule is COc1cc(C=NNc2ccc(C)c(C)c2)ccc1OCC(=O)Nc1ccc(C)cc1C. The highest BCUT2D eigenvalue weighted by Crippen LogP contribution is 2.27. The van der Waals surface area contributed by atoms with Crippen LogP contribution in [0.5, 0.6) is 11.5 Å². The smallest absolute Gasteiger partial charge is 0.262 e. The van der Waals surface area contributed by atoms with Gasteiger partial charge in [-0.1, -0.05) is 23.8 Å². The summed E-state index contributed by atoms with van der Waals surface area (Å²) in [6.07, 6.45) is 1.70. The molecule has 0 heterocycles. The topological polar surface area (TPSA) is 71.9 Å². The van der Waals surface area contributed by atoms with Crippen molar-refractivity contribution in [3.63, 3.8) is 0 Å². The van der Waals surface area contributed by atoms with E-state index in [4.69, 9.17) is 9.47 Å². The predicted molar refractivity (Wildman–Crippen MR) is 130 cm³/mol. The minimum Gasteiger partial charge on any atom is -0.493 e. The van der Waals surface area contributed by atoms with E-state index in [1.807, 2.05) is 56.3 Å². The Balaban J connectivity index is 1.59. The van der Waals surface area contributed by atoms with Crippen molar-refractivity contribution >= 4 is 23.5 Å². The summed E-state index contributed by atoms with van der Waals surface area (Å²) in [6, 6.07) is 17.4. The molecule has 0 aliphatic heterocycles. The minimum atomic E-state index is -0.234. The number of hydrazone groups is 1. The number of ether oxygens (including phenoxy) is 2. The van der Waals surface area contributed by atoms with E-state index in [9.17, 15) is 4.79 Å². The largest absolute Gasteiger partial charge is 0.493 e. The Morgan fingerprint density at radius 3 is 2.44 bits per heavy atom. The van der Waals surface area contributed by atoms with Gasteiger partial charge in [-0.05, 0) is 86.3 Å². The van der Waals surface area contributed by atoms with Crippen LogP contribution in [0.3, 0.4) is 0 Å². The van der Waals surface area contributed by atoms with E-state index < -0.39 is 0 Å². The molecule has 6 heteroatoms. The second-order valence-corrected chi connectivity index (χ2v) is 7.73. The number of carbonyl (C=O) groups is 1. The van der Waals surface area contributed by atoms with Gasteiger partial charge in [0.15, 0.2) is 18.1 Å². The van der Waals surface area contributed by atoms with E-state index in [0.29, 0.717) is 11.5 Å². The lowest BCUT2D eigenvalue weighted by molar-refractivity contribution is -0.118. The first-order chi connectivity index (χ1) is 15.4. The number of rotatable bonds is 8. The van der Waals surface area contributed by atoms with Gasteiger partial charge in [0.25, 0.3) is 5.91 Å². The fraction of sp³-hybridized carbons (Fsp3) is 0.231. The zero-order chi connectivity index (χ0) is 23.1. The number of carbonyl (C=O) groups excluding carboxylic acids is 1. The third-order valence-electron chi connectivity index (χ3n) is 5.12. The first kappa shape index (κ1) is 22.9. The summed E-state index contributed by atoms with van der Waals surface area (Å²) in [5.74, 6) is 0.782. The van der Waals surface area contributed by atoms with Crippen LogP contribution >= 0.6 is 0 Å². The molecule has 32 heavy (non-hydrogen) atoms. The Bertz CT molecular complexity index is 1140. The zero-order valence-corrected chi connectivity index (χ0v) is 19.2. The van der Waals surface area contributed by atoms with Crippen molar-refractivity contribution in [2.24, 2.45) is 5.10 Å². The van der Waals surface area contributed by atoms with Crippen LogP contribution in [0.1, 0.15) is 27.8 Å². The molecule has 0 saturated carbocycles. The highest BCUT2D eigenvalue weighted by atomic mass is 16.5. The minimum absolute atomic E-state index is 0.120. The fourth-order valence-electron chi connectivity index (χ4n) is 3.16. The summed E-state index contributed by atoms with van der Waals surface area (Å²) in [5.41, 5.74) is 10.2. The van der Waals surface area contributed by atoms with Crippen LogP contribution in [-0.2, 0) is 4.79 Å². The molecule has 0 aliphatic carbocycles. The van der Waals surface area contributed by atoms with Crippen molar-refractivity contribution in [1.82, 2.24) is 0 Å². The number of benzene rings is 3. The Labute approximate surface area is 189 Å². The molecule has 6 nitrogen and oxygen atoms in total. The van der Waals surface area contributed by atoms with Crippen molar-refractivity contribution in [2.75, 3.05) is 24.5 Å². The number of nitrogens with one attached hydrogen (secondary N) is 2. The van der Waals surface area contributed by atoms with Crippen LogP contribution in [0.4, 0.5) is 11.4 Å². The Hall–Kier alpha value is -3.80. The van der Waals surface area contributed by atoms with Gasteiger partial charge in [0.1, 0.15) is 0 Å². The van der Waals surface area contributed by atoms with Gasteiger partial charge in [-0.2, -0.15) is 5.10 Å². The molecule has 1 amide bonds. The van der Waals surface area contributed by atoms with Gasteiger partial charge in [-0.3, -0.25) is 10.2 Å². The highest BCUT2D eigenvalue weighted by Gasteiger charge is 2.10. The molecule has 0 radical (unpaired) electrons. The summed E-state index contributed by atoms with van der Waals surface area (Å²) in [4.78, 5) is 12.3. The maximum atomic E-state index is 12.3. The van der Waals surface area contributed by atoms with Crippen LogP contribution in [-0.4, -0.2) is 25.8 Å². The second kappa shape index (κ2) is 10.5. The normalized spacial score (nSPS) is 10.8. The van der Waals surface area contributed by atoms with Crippen molar-refractivity contribution < 1.29 is 14.3 Å². The third kappa shape index (κ3) is 6.11. The van der Waals surface area contributed by atoms with Crippen molar-refractivity contribution in [3.05, 3.63) is 82.4 Å². The molecule has 3 aromatic rings. The molecule has 2 N–H and O–H groups in total. The maximum Gasteiger partial charge on any atom is 0.262 e. The van der Waals surface area contributed by atoms with Gasteiger partial charge in [-0.25, -0.2) is 0 Å². The molecule has 0 saturated heterocycles. The molecule has 166 valence electrons. The van der Waals surface area contributed by atoms with Crippen molar-refractivity contribution in [2.45, 2.75) is 27.7 Å². The monoisotopic (exact) mass is 431 g/mol. The Morgan fingerprint density at radius 1 is 0.906 bits per heavy atom. The van der Waals surface area contributed by atoms with Crippen LogP contribution < -0.4 is 20.2 Å². The Kier molecular flexibility index (Phi) is 7.49. The maximum absolute atomic E-state index is 12.3. The first-order valence-corrected chi connectivity index (χ1v) is 10.4. The Morgan fingerprint density at radius 2 is 1.72 bits per heavy atom. The lowest BCUT2D eigenvalue weighted by atomic mass is 10.1. The summed E-state index contributed by atoms with van der Waals surface area (Å²) < 4.78 is 11.1. The van der Waals surface area contributed by atoms with Gasteiger partial charge in [0.05, 0.1) is 19.0 Å². The van der Waals surface area contributed by atoms with Gasteiger partial charge in [-0.15, -0.1) is 0 Å². The summed E-state index contributed by atoms with van der Waals surface area (Å²) >= 11 is 0. The third-order valence-corrected chi connectivity index (χ3v) is 5.12. The van der Waals surface area contributed by atoms with Crippen LogP contribution in [0.15, 0.2) is 59.7 Å². The molecule has 0 fully saturated rings. The summed E-state index contributed by atoms with van der Waals surface area (Å²) in [7, 11) is 1.56.